The highest BCUT2D eigenvalue weighted by atomic mass is 35.5. The van der Waals surface area contributed by atoms with E-state index in [1.165, 1.54) is 0 Å². The molecule has 8 nitrogen and oxygen atoms in total. The normalized spacial score (nSPS) is 22.8. The number of likely N-dealkylation sites (tertiary alicyclic amines) is 2. The van der Waals surface area contributed by atoms with Gasteiger partial charge in [-0.1, -0.05) is 18.6 Å². The van der Waals surface area contributed by atoms with E-state index in [1.807, 2.05) is 4.90 Å². The monoisotopic (exact) mass is 384 g/mol. The summed E-state index contributed by atoms with van der Waals surface area (Å²) in [6, 6.07) is 0.282. The van der Waals surface area contributed by atoms with Gasteiger partial charge < -0.3 is 15.5 Å². The third-order valence-corrected chi connectivity index (χ3v) is 5.30. The number of amides is 2. The van der Waals surface area contributed by atoms with Crippen LogP contribution < -0.4 is 5.73 Å². The lowest BCUT2D eigenvalue weighted by Gasteiger charge is -2.47. The zero-order valence-corrected chi connectivity index (χ0v) is 16.2. The second-order valence-electron chi connectivity index (χ2n) is 7.00. The highest BCUT2D eigenvalue weighted by Crippen LogP contribution is 2.32. The highest BCUT2D eigenvalue weighted by Gasteiger charge is 2.40. The second kappa shape index (κ2) is 9.32. The van der Waals surface area contributed by atoms with Crippen molar-refractivity contribution in [2.24, 2.45) is 11.7 Å². The predicted octanol–water partition coefficient (Wildman–Crippen LogP) is 0.912. The maximum Gasteiger partial charge on any atom is 0.276 e. The fourth-order valence-corrected chi connectivity index (χ4v) is 3.95. The molecule has 2 aliphatic heterocycles. The molecule has 26 heavy (non-hydrogen) atoms. The molecule has 0 aromatic carbocycles. The molecule has 1 aromatic rings. The molecule has 2 saturated heterocycles. The predicted molar refractivity (Wildman–Crippen MR) is 100.0 cm³/mol. The van der Waals surface area contributed by atoms with E-state index in [2.05, 4.69) is 22.1 Å². The number of unbranched alkanes of at least 4 members (excludes halogenated alkanes) is 1. The van der Waals surface area contributed by atoms with Crippen LogP contribution >= 0.6 is 12.4 Å². The topological polar surface area (TPSA) is 97.4 Å². The molecule has 2 amide bonds. The quantitative estimate of drug-likeness (QED) is 0.786. The number of aromatic nitrogens is 3. The van der Waals surface area contributed by atoms with E-state index < -0.39 is 0 Å². The first kappa shape index (κ1) is 20.6. The van der Waals surface area contributed by atoms with Gasteiger partial charge in [0.05, 0.1) is 12.7 Å². The summed E-state index contributed by atoms with van der Waals surface area (Å²) in [5.74, 6) is 0.573. The second-order valence-corrected chi connectivity index (χ2v) is 7.00. The Morgan fingerprint density at radius 3 is 2.88 bits per heavy atom. The Morgan fingerprint density at radius 2 is 2.15 bits per heavy atom. The van der Waals surface area contributed by atoms with Crippen LogP contribution in [0.2, 0.25) is 0 Å². The molecule has 2 N–H and O–H groups in total. The number of nitrogens with two attached hydrogens (primary N) is 1. The average Bonchev–Trinajstić information content (AvgIpc) is 3.09. The first-order chi connectivity index (χ1) is 12.1. The molecule has 0 radical (unpaired) electrons. The standard InChI is InChI=1S/C17H28N6O2.ClH/c1-2-3-8-23-15-6-9-21(11-13(15)4-5-16(23)24)17(25)14-12-22(10-7-18)20-19-14;/h12-13,15H,2-11,18H2,1H3;1H/t13-,15+;/m0./s1. The molecule has 0 unspecified atom stereocenters. The Balaban J connectivity index is 0.00000243. The summed E-state index contributed by atoms with van der Waals surface area (Å²) in [6.07, 6.45) is 6.11. The third-order valence-electron chi connectivity index (χ3n) is 5.30. The summed E-state index contributed by atoms with van der Waals surface area (Å²) in [6.45, 7) is 5.37. The Kier molecular flexibility index (Phi) is 7.40. The number of fused-ring (bicyclic) bond motifs is 1. The fraction of sp³-hybridized carbons (Fsp3) is 0.765. The van der Waals surface area contributed by atoms with Crippen molar-refractivity contribution in [3.05, 3.63) is 11.9 Å². The minimum atomic E-state index is -0.0706. The molecule has 146 valence electrons. The molecule has 0 spiro atoms. The van der Waals surface area contributed by atoms with Gasteiger partial charge in [0.25, 0.3) is 5.91 Å². The molecule has 3 heterocycles. The summed E-state index contributed by atoms with van der Waals surface area (Å²) >= 11 is 0. The van der Waals surface area contributed by atoms with E-state index in [0.29, 0.717) is 44.2 Å². The third kappa shape index (κ3) is 4.35. The Morgan fingerprint density at radius 1 is 1.35 bits per heavy atom. The number of halogens is 1. The molecule has 0 bridgehead atoms. The molecular weight excluding hydrogens is 356 g/mol. The van der Waals surface area contributed by atoms with Gasteiger partial charge in [0.15, 0.2) is 5.69 Å². The zero-order valence-electron chi connectivity index (χ0n) is 15.3. The Labute approximate surface area is 160 Å². The zero-order chi connectivity index (χ0) is 17.8. The molecule has 9 heteroatoms. The minimum Gasteiger partial charge on any atom is -0.339 e. The van der Waals surface area contributed by atoms with Gasteiger partial charge in [0.2, 0.25) is 5.91 Å². The molecule has 2 fully saturated rings. The van der Waals surface area contributed by atoms with Crippen molar-refractivity contribution in [3.63, 3.8) is 0 Å². The number of hydrogen-bond donors (Lipinski definition) is 1. The van der Waals surface area contributed by atoms with Crippen LogP contribution in [-0.2, 0) is 11.3 Å². The van der Waals surface area contributed by atoms with Crippen LogP contribution in [0.1, 0.15) is 49.5 Å². The van der Waals surface area contributed by atoms with Crippen molar-refractivity contribution in [2.75, 3.05) is 26.2 Å². The van der Waals surface area contributed by atoms with Crippen molar-refractivity contribution in [1.29, 1.82) is 0 Å². The number of rotatable bonds is 6. The van der Waals surface area contributed by atoms with E-state index in [1.54, 1.807) is 10.9 Å². The van der Waals surface area contributed by atoms with Gasteiger partial charge >= 0.3 is 0 Å². The van der Waals surface area contributed by atoms with Crippen molar-refractivity contribution >= 4 is 24.2 Å². The highest BCUT2D eigenvalue weighted by molar-refractivity contribution is 5.92. The lowest BCUT2D eigenvalue weighted by molar-refractivity contribution is -0.140. The number of nitrogens with zero attached hydrogens (tertiary/aromatic N) is 5. The minimum absolute atomic E-state index is 0. The van der Waals surface area contributed by atoms with Crippen LogP contribution in [-0.4, -0.2) is 68.8 Å². The molecule has 2 aliphatic rings. The van der Waals surface area contributed by atoms with Gasteiger partial charge in [-0.05, 0) is 25.2 Å². The van der Waals surface area contributed by atoms with Crippen LogP contribution in [0.4, 0.5) is 0 Å². The molecule has 3 rings (SSSR count). The van der Waals surface area contributed by atoms with E-state index in [4.69, 9.17) is 5.73 Å². The molecule has 2 atom stereocenters. The van der Waals surface area contributed by atoms with Crippen LogP contribution in [0.15, 0.2) is 6.20 Å². The Bertz CT molecular complexity index is 622. The van der Waals surface area contributed by atoms with Crippen LogP contribution in [0, 0.1) is 5.92 Å². The number of carbonyl (C=O) groups is 2. The van der Waals surface area contributed by atoms with Crippen LogP contribution in [0.5, 0.6) is 0 Å². The number of piperidine rings is 2. The molecule has 0 saturated carbocycles. The maximum absolute atomic E-state index is 12.7. The number of hydrogen-bond acceptors (Lipinski definition) is 5. The largest absolute Gasteiger partial charge is 0.339 e. The van der Waals surface area contributed by atoms with Crippen molar-refractivity contribution < 1.29 is 9.59 Å². The molecule has 1 aromatic heterocycles. The van der Waals surface area contributed by atoms with E-state index in [9.17, 15) is 9.59 Å². The Hall–Kier alpha value is -1.67. The summed E-state index contributed by atoms with van der Waals surface area (Å²) in [7, 11) is 0. The molecular formula is C17H29ClN6O2. The maximum atomic E-state index is 12.7. The lowest BCUT2D eigenvalue weighted by atomic mass is 9.83. The van der Waals surface area contributed by atoms with Gasteiger partial charge in [-0.25, -0.2) is 0 Å². The summed E-state index contributed by atoms with van der Waals surface area (Å²) < 4.78 is 1.60. The first-order valence-corrected chi connectivity index (χ1v) is 9.33. The van der Waals surface area contributed by atoms with Gasteiger partial charge in [-0.15, -0.1) is 17.5 Å². The fourth-order valence-electron chi connectivity index (χ4n) is 3.95. The molecule has 0 aliphatic carbocycles. The average molecular weight is 385 g/mol. The van der Waals surface area contributed by atoms with Crippen molar-refractivity contribution in [1.82, 2.24) is 24.8 Å². The summed E-state index contributed by atoms with van der Waals surface area (Å²) in [5.41, 5.74) is 5.88. The number of carbonyl (C=O) groups excluding carboxylic acids is 2. The van der Waals surface area contributed by atoms with Gasteiger partial charge in [-0.3, -0.25) is 14.3 Å². The lowest BCUT2D eigenvalue weighted by Crippen LogP contribution is -2.57. The van der Waals surface area contributed by atoms with E-state index >= 15 is 0 Å². The van der Waals surface area contributed by atoms with Crippen molar-refractivity contribution in [3.8, 4) is 0 Å². The van der Waals surface area contributed by atoms with Crippen LogP contribution in [0.25, 0.3) is 0 Å². The van der Waals surface area contributed by atoms with E-state index in [-0.39, 0.29) is 30.3 Å². The smallest absolute Gasteiger partial charge is 0.276 e. The SMILES string of the molecule is CCCCN1C(=O)CC[C@H]2CN(C(=O)c3cn(CCN)nn3)CC[C@H]21.Cl. The summed E-state index contributed by atoms with van der Waals surface area (Å²) in [5, 5.41) is 7.93. The first-order valence-electron chi connectivity index (χ1n) is 9.33. The van der Waals surface area contributed by atoms with Gasteiger partial charge in [0.1, 0.15) is 0 Å². The van der Waals surface area contributed by atoms with Crippen LogP contribution in [0.3, 0.4) is 0 Å². The van der Waals surface area contributed by atoms with Crippen molar-refractivity contribution in [2.45, 2.75) is 51.6 Å². The van der Waals surface area contributed by atoms with Gasteiger partial charge in [-0.2, -0.15) is 0 Å². The van der Waals surface area contributed by atoms with Gasteiger partial charge in [0, 0.05) is 38.6 Å². The van der Waals surface area contributed by atoms with E-state index in [0.717, 1.165) is 32.2 Å². The summed E-state index contributed by atoms with van der Waals surface area (Å²) in [4.78, 5) is 28.9.